The Morgan fingerprint density at radius 2 is 1.76 bits per heavy atom. The van der Waals surface area contributed by atoms with Crippen LogP contribution in [-0.2, 0) is 4.74 Å². The normalized spacial score (nSPS) is 20.0. The molecule has 1 atom stereocenters. The van der Waals surface area contributed by atoms with Gasteiger partial charge in [0, 0.05) is 16.5 Å². The van der Waals surface area contributed by atoms with E-state index in [0.29, 0.717) is 5.02 Å². The average Bonchev–Trinajstić information content (AvgIpc) is 3.19. The molecule has 4 nitrogen and oxygen atoms in total. The first-order valence-corrected chi connectivity index (χ1v) is 10.3. The summed E-state index contributed by atoms with van der Waals surface area (Å²) in [5, 5.41) is 5.77. The summed E-state index contributed by atoms with van der Waals surface area (Å²) in [5.41, 5.74) is 3.51. The highest BCUT2D eigenvalue weighted by Crippen LogP contribution is 2.48. The number of halogens is 1. The summed E-state index contributed by atoms with van der Waals surface area (Å²) in [6.07, 6.45) is 0.920. The number of benzene rings is 2. The number of hydrogen-bond acceptors (Lipinski definition) is 3. The predicted octanol–water partition coefficient (Wildman–Crippen LogP) is 6.26. The summed E-state index contributed by atoms with van der Waals surface area (Å²) in [6, 6.07) is 18.0. The molecule has 3 aromatic rings. The Kier molecular flexibility index (Phi) is 4.96. The molecule has 4 rings (SSSR count). The molecule has 5 heteroatoms. The van der Waals surface area contributed by atoms with Crippen LogP contribution in [0.1, 0.15) is 45.7 Å². The molecule has 29 heavy (non-hydrogen) atoms. The molecular weight excluding hydrogens is 384 g/mol. The molecule has 1 fully saturated rings. The first-order valence-electron chi connectivity index (χ1n) is 9.90. The summed E-state index contributed by atoms with van der Waals surface area (Å²) in [5.74, 6) is 0.971. The largest absolute Gasteiger partial charge is 0.494 e. The third-order valence-electron chi connectivity index (χ3n) is 5.61. The zero-order valence-electron chi connectivity index (χ0n) is 17.6. The lowest BCUT2D eigenvalue weighted by Gasteiger charge is -2.26. The molecular formula is C24H27ClN2O2. The fraction of sp³-hybridized carbons (Fsp3) is 0.375. The second-order valence-corrected chi connectivity index (χ2v) is 9.20. The van der Waals surface area contributed by atoms with Crippen molar-refractivity contribution in [1.29, 1.82) is 0 Å². The third-order valence-corrected chi connectivity index (χ3v) is 5.86. The van der Waals surface area contributed by atoms with Gasteiger partial charge in [-0.05, 0) is 64.4 Å². The zero-order chi connectivity index (χ0) is 20.8. The van der Waals surface area contributed by atoms with Crippen molar-refractivity contribution in [3.05, 3.63) is 65.3 Å². The SMILES string of the molecule is COc1ccccc1-n1nc(C2CC(C)(C)OC2(C)C)cc1-c1ccc(Cl)cc1. The summed E-state index contributed by atoms with van der Waals surface area (Å²) in [7, 11) is 1.68. The molecule has 0 aliphatic carbocycles. The van der Waals surface area contributed by atoms with E-state index in [9.17, 15) is 0 Å². The van der Waals surface area contributed by atoms with E-state index in [1.54, 1.807) is 7.11 Å². The van der Waals surface area contributed by atoms with Crippen LogP contribution in [0.4, 0.5) is 0 Å². The van der Waals surface area contributed by atoms with E-state index in [4.69, 9.17) is 26.2 Å². The predicted molar refractivity (Wildman–Crippen MR) is 117 cm³/mol. The van der Waals surface area contributed by atoms with Gasteiger partial charge < -0.3 is 9.47 Å². The maximum atomic E-state index is 6.33. The van der Waals surface area contributed by atoms with Crippen LogP contribution in [-0.4, -0.2) is 28.1 Å². The molecule has 152 valence electrons. The molecule has 2 aromatic carbocycles. The number of para-hydroxylation sites is 2. The summed E-state index contributed by atoms with van der Waals surface area (Å²) < 4.78 is 13.9. The Morgan fingerprint density at radius 1 is 1.07 bits per heavy atom. The van der Waals surface area contributed by atoms with Crippen LogP contribution < -0.4 is 4.74 Å². The molecule has 1 aliphatic rings. The van der Waals surface area contributed by atoms with Gasteiger partial charge >= 0.3 is 0 Å². The fourth-order valence-electron chi connectivity index (χ4n) is 4.41. The lowest BCUT2D eigenvalue weighted by molar-refractivity contribution is -0.0683. The lowest BCUT2D eigenvalue weighted by atomic mass is 9.84. The molecule has 1 aliphatic heterocycles. The average molecular weight is 411 g/mol. The highest BCUT2D eigenvalue weighted by molar-refractivity contribution is 6.30. The van der Waals surface area contributed by atoms with E-state index in [1.165, 1.54) is 0 Å². The van der Waals surface area contributed by atoms with Gasteiger partial charge in [-0.3, -0.25) is 0 Å². The first-order chi connectivity index (χ1) is 13.7. The molecule has 0 amide bonds. The Morgan fingerprint density at radius 3 is 2.38 bits per heavy atom. The van der Waals surface area contributed by atoms with Crippen LogP contribution in [0.15, 0.2) is 54.6 Å². The van der Waals surface area contributed by atoms with E-state index >= 15 is 0 Å². The van der Waals surface area contributed by atoms with Crippen LogP contribution in [0.25, 0.3) is 16.9 Å². The molecule has 0 radical (unpaired) electrons. The minimum Gasteiger partial charge on any atom is -0.494 e. The first kappa shape index (κ1) is 20.0. The maximum Gasteiger partial charge on any atom is 0.144 e. The van der Waals surface area contributed by atoms with Gasteiger partial charge in [0.05, 0.1) is 29.7 Å². The Hall–Kier alpha value is -2.30. The number of rotatable bonds is 4. The van der Waals surface area contributed by atoms with Crippen LogP contribution in [0.3, 0.4) is 0 Å². The van der Waals surface area contributed by atoms with Gasteiger partial charge in [-0.1, -0.05) is 35.9 Å². The van der Waals surface area contributed by atoms with E-state index in [1.807, 2.05) is 53.2 Å². The van der Waals surface area contributed by atoms with E-state index < -0.39 is 0 Å². The fourth-order valence-corrected chi connectivity index (χ4v) is 4.53. The summed E-state index contributed by atoms with van der Waals surface area (Å²) in [6.45, 7) is 8.59. The van der Waals surface area contributed by atoms with Gasteiger partial charge in [0.1, 0.15) is 11.4 Å². The topological polar surface area (TPSA) is 36.3 Å². The maximum absolute atomic E-state index is 6.33. The van der Waals surface area contributed by atoms with Crippen LogP contribution >= 0.6 is 11.6 Å². The minimum absolute atomic E-state index is 0.178. The lowest BCUT2D eigenvalue weighted by Crippen LogP contribution is -2.28. The van der Waals surface area contributed by atoms with Crippen LogP contribution in [0.2, 0.25) is 5.02 Å². The number of methoxy groups -OCH3 is 1. The Bertz CT molecular complexity index is 1020. The molecule has 1 saturated heterocycles. The van der Waals surface area contributed by atoms with Gasteiger partial charge in [-0.15, -0.1) is 0 Å². The van der Waals surface area contributed by atoms with Crippen LogP contribution in [0, 0.1) is 0 Å². The molecule has 2 heterocycles. The van der Waals surface area contributed by atoms with Gasteiger partial charge in [-0.25, -0.2) is 4.68 Å². The summed E-state index contributed by atoms with van der Waals surface area (Å²) in [4.78, 5) is 0. The molecule has 0 spiro atoms. The summed E-state index contributed by atoms with van der Waals surface area (Å²) >= 11 is 6.12. The number of nitrogens with zero attached hydrogens (tertiary/aromatic N) is 2. The highest BCUT2D eigenvalue weighted by Gasteiger charge is 2.47. The van der Waals surface area contributed by atoms with Crippen molar-refractivity contribution < 1.29 is 9.47 Å². The van der Waals surface area contributed by atoms with E-state index in [-0.39, 0.29) is 17.1 Å². The molecule has 0 bridgehead atoms. The van der Waals surface area contributed by atoms with E-state index in [0.717, 1.165) is 34.8 Å². The Balaban J connectivity index is 1.89. The molecule has 1 aromatic heterocycles. The number of aromatic nitrogens is 2. The van der Waals surface area contributed by atoms with E-state index in [2.05, 4.69) is 33.8 Å². The minimum atomic E-state index is -0.291. The van der Waals surface area contributed by atoms with Gasteiger partial charge in [-0.2, -0.15) is 5.10 Å². The van der Waals surface area contributed by atoms with Gasteiger partial charge in [0.2, 0.25) is 0 Å². The van der Waals surface area contributed by atoms with Crippen LogP contribution in [0.5, 0.6) is 5.75 Å². The van der Waals surface area contributed by atoms with Crippen molar-refractivity contribution in [2.45, 2.75) is 51.2 Å². The monoisotopic (exact) mass is 410 g/mol. The van der Waals surface area contributed by atoms with Crippen molar-refractivity contribution >= 4 is 11.6 Å². The van der Waals surface area contributed by atoms with Gasteiger partial charge in [0.25, 0.3) is 0 Å². The van der Waals surface area contributed by atoms with Crippen molar-refractivity contribution in [1.82, 2.24) is 9.78 Å². The van der Waals surface area contributed by atoms with Gasteiger partial charge in [0.15, 0.2) is 0 Å². The standard InChI is InChI=1S/C24H27ClN2O2/c1-23(2)15-18(24(3,4)29-23)19-14-21(16-10-12-17(25)13-11-16)27(26-19)20-8-6-7-9-22(20)28-5/h6-14,18H,15H2,1-5H3. The highest BCUT2D eigenvalue weighted by atomic mass is 35.5. The zero-order valence-corrected chi connectivity index (χ0v) is 18.3. The second-order valence-electron chi connectivity index (χ2n) is 8.77. The Labute approximate surface area is 177 Å². The number of hydrogen-bond donors (Lipinski definition) is 0. The molecule has 0 N–H and O–H groups in total. The molecule has 0 saturated carbocycles. The van der Waals surface area contributed by atoms with Crippen molar-refractivity contribution in [3.8, 4) is 22.7 Å². The third kappa shape index (κ3) is 3.79. The van der Waals surface area contributed by atoms with Crippen molar-refractivity contribution in [3.63, 3.8) is 0 Å². The number of ether oxygens (including phenoxy) is 2. The van der Waals surface area contributed by atoms with Crippen molar-refractivity contribution in [2.24, 2.45) is 0 Å². The second kappa shape index (κ2) is 7.19. The quantitative estimate of drug-likeness (QED) is 0.509. The van der Waals surface area contributed by atoms with Crippen molar-refractivity contribution in [2.75, 3.05) is 7.11 Å². The molecule has 1 unspecified atom stereocenters. The smallest absolute Gasteiger partial charge is 0.144 e.